The third kappa shape index (κ3) is 3.21. The Morgan fingerprint density at radius 2 is 1.88 bits per heavy atom. The molecule has 0 aliphatic carbocycles. The first-order valence-corrected chi connectivity index (χ1v) is 8.53. The van der Waals surface area contributed by atoms with E-state index in [4.69, 9.17) is 10.9 Å². The van der Waals surface area contributed by atoms with Crippen molar-refractivity contribution in [3.05, 3.63) is 53.6 Å². The Hall–Kier alpha value is -2.91. The van der Waals surface area contributed by atoms with Gasteiger partial charge in [0.15, 0.2) is 5.95 Å². The number of nitrogen functional groups attached to an aromatic ring is 1. The second-order valence-electron chi connectivity index (χ2n) is 5.20. The number of para-hydroxylation sites is 1. The van der Waals surface area contributed by atoms with E-state index in [-0.39, 0.29) is 23.3 Å². The lowest BCUT2D eigenvalue weighted by molar-refractivity contribution is 0.0952. The number of carbonyl (C=O) groups excluding carboxylic acids is 1. The standard InChI is InChI=1S/C15H15N5O3S/c16-15-19-12-3-1-2-11(13(12)20-15)14(21)18-8-9-4-6-10(7-5-9)24(17,22)23/h1-7H,8H2,(H,18,21)(H3,16,19,20)(H2,17,22,23). The van der Waals surface area contributed by atoms with Crippen molar-refractivity contribution in [3.8, 4) is 0 Å². The average molecular weight is 345 g/mol. The van der Waals surface area contributed by atoms with Crippen LogP contribution >= 0.6 is 0 Å². The number of aromatic amines is 1. The number of aromatic nitrogens is 2. The van der Waals surface area contributed by atoms with Gasteiger partial charge in [0.2, 0.25) is 10.0 Å². The Kier molecular flexibility index (Phi) is 3.96. The second-order valence-corrected chi connectivity index (χ2v) is 6.76. The van der Waals surface area contributed by atoms with Gasteiger partial charge in [0, 0.05) is 6.54 Å². The minimum Gasteiger partial charge on any atom is -0.369 e. The van der Waals surface area contributed by atoms with Gasteiger partial charge in [-0.2, -0.15) is 0 Å². The normalized spacial score (nSPS) is 11.5. The van der Waals surface area contributed by atoms with Crippen molar-refractivity contribution in [1.29, 1.82) is 0 Å². The Bertz CT molecular complexity index is 1010. The summed E-state index contributed by atoms with van der Waals surface area (Å²) in [6.45, 7) is 0.236. The minimum absolute atomic E-state index is 0.0225. The Morgan fingerprint density at radius 1 is 1.17 bits per heavy atom. The molecule has 3 aromatic rings. The molecule has 0 bridgehead atoms. The topological polar surface area (TPSA) is 144 Å². The molecule has 0 aliphatic rings. The van der Waals surface area contributed by atoms with Crippen LogP contribution in [0.5, 0.6) is 0 Å². The summed E-state index contributed by atoms with van der Waals surface area (Å²) in [5, 5.41) is 7.80. The fourth-order valence-electron chi connectivity index (χ4n) is 2.31. The van der Waals surface area contributed by atoms with Gasteiger partial charge in [0.05, 0.1) is 16.0 Å². The number of nitrogens with two attached hydrogens (primary N) is 2. The third-order valence-electron chi connectivity index (χ3n) is 3.48. The molecule has 0 saturated heterocycles. The molecule has 1 heterocycles. The number of hydrogen-bond donors (Lipinski definition) is 4. The largest absolute Gasteiger partial charge is 0.369 e. The van der Waals surface area contributed by atoms with E-state index in [1.165, 1.54) is 12.1 Å². The number of primary sulfonamides is 1. The highest BCUT2D eigenvalue weighted by atomic mass is 32.2. The van der Waals surface area contributed by atoms with Crippen LogP contribution in [0.1, 0.15) is 15.9 Å². The fraction of sp³-hybridized carbons (Fsp3) is 0.0667. The number of nitrogens with zero attached hydrogens (tertiary/aromatic N) is 1. The average Bonchev–Trinajstić information content (AvgIpc) is 2.92. The number of hydrogen-bond acceptors (Lipinski definition) is 5. The first-order chi connectivity index (χ1) is 11.3. The highest BCUT2D eigenvalue weighted by molar-refractivity contribution is 7.89. The van der Waals surface area contributed by atoms with Gasteiger partial charge in [-0.05, 0) is 29.8 Å². The van der Waals surface area contributed by atoms with Gasteiger partial charge in [0.1, 0.15) is 5.52 Å². The van der Waals surface area contributed by atoms with Crippen molar-refractivity contribution < 1.29 is 13.2 Å². The van der Waals surface area contributed by atoms with E-state index in [9.17, 15) is 13.2 Å². The van der Waals surface area contributed by atoms with E-state index >= 15 is 0 Å². The van der Waals surface area contributed by atoms with Crippen LogP contribution in [-0.2, 0) is 16.6 Å². The highest BCUT2D eigenvalue weighted by Crippen LogP contribution is 2.17. The summed E-state index contributed by atoms with van der Waals surface area (Å²) >= 11 is 0. The van der Waals surface area contributed by atoms with Crippen LogP contribution in [0.2, 0.25) is 0 Å². The molecule has 24 heavy (non-hydrogen) atoms. The van der Waals surface area contributed by atoms with Crippen molar-refractivity contribution in [1.82, 2.24) is 15.3 Å². The van der Waals surface area contributed by atoms with E-state index < -0.39 is 10.0 Å². The van der Waals surface area contributed by atoms with Gasteiger partial charge in [-0.3, -0.25) is 4.79 Å². The maximum atomic E-state index is 12.3. The van der Waals surface area contributed by atoms with Crippen LogP contribution in [-0.4, -0.2) is 24.3 Å². The van der Waals surface area contributed by atoms with Crippen LogP contribution in [0, 0.1) is 0 Å². The van der Waals surface area contributed by atoms with Crippen LogP contribution in [0.15, 0.2) is 47.4 Å². The molecule has 1 aromatic heterocycles. The number of amides is 1. The number of benzene rings is 2. The smallest absolute Gasteiger partial charge is 0.253 e. The molecular formula is C15H15N5O3S. The van der Waals surface area contributed by atoms with Crippen molar-refractivity contribution in [2.45, 2.75) is 11.4 Å². The number of fused-ring (bicyclic) bond motifs is 1. The molecule has 0 radical (unpaired) electrons. The molecular weight excluding hydrogens is 330 g/mol. The highest BCUT2D eigenvalue weighted by Gasteiger charge is 2.13. The van der Waals surface area contributed by atoms with E-state index in [0.717, 1.165) is 5.56 Å². The number of carbonyl (C=O) groups is 1. The van der Waals surface area contributed by atoms with Gasteiger partial charge in [0.25, 0.3) is 5.91 Å². The van der Waals surface area contributed by atoms with Crippen molar-refractivity contribution >= 4 is 32.9 Å². The summed E-state index contributed by atoms with van der Waals surface area (Å²) in [5.74, 6) is -0.0635. The summed E-state index contributed by atoms with van der Waals surface area (Å²) in [7, 11) is -3.73. The van der Waals surface area contributed by atoms with Crippen molar-refractivity contribution in [2.24, 2.45) is 5.14 Å². The lowest BCUT2D eigenvalue weighted by Crippen LogP contribution is -2.23. The first kappa shape index (κ1) is 16.0. The number of H-pyrrole nitrogens is 1. The van der Waals surface area contributed by atoms with Gasteiger partial charge in [-0.15, -0.1) is 0 Å². The molecule has 0 unspecified atom stereocenters. The van der Waals surface area contributed by atoms with Crippen LogP contribution in [0.4, 0.5) is 5.95 Å². The number of anilines is 1. The summed E-state index contributed by atoms with van der Waals surface area (Å²) in [4.78, 5) is 19.3. The number of rotatable bonds is 4. The maximum Gasteiger partial charge on any atom is 0.253 e. The zero-order valence-electron chi connectivity index (χ0n) is 12.5. The first-order valence-electron chi connectivity index (χ1n) is 6.99. The lowest BCUT2D eigenvalue weighted by atomic mass is 10.1. The van der Waals surface area contributed by atoms with Crippen LogP contribution < -0.4 is 16.2 Å². The molecule has 0 fully saturated rings. The summed E-state index contributed by atoms with van der Waals surface area (Å²) in [6, 6.07) is 11.1. The third-order valence-corrected chi connectivity index (χ3v) is 4.41. The van der Waals surface area contributed by atoms with Gasteiger partial charge in [-0.25, -0.2) is 18.5 Å². The Morgan fingerprint density at radius 3 is 2.54 bits per heavy atom. The van der Waals surface area contributed by atoms with Crippen LogP contribution in [0.25, 0.3) is 11.0 Å². The van der Waals surface area contributed by atoms with Crippen molar-refractivity contribution in [3.63, 3.8) is 0 Å². The summed E-state index contributed by atoms with van der Waals surface area (Å²) in [5.41, 5.74) is 7.94. The van der Waals surface area contributed by atoms with Crippen molar-refractivity contribution in [2.75, 3.05) is 5.73 Å². The fourth-order valence-corrected chi connectivity index (χ4v) is 2.82. The van der Waals surface area contributed by atoms with E-state index in [0.29, 0.717) is 16.6 Å². The minimum atomic E-state index is -3.73. The molecule has 3 rings (SSSR count). The molecule has 1 amide bonds. The predicted octanol–water partition coefficient (Wildman–Crippen LogP) is 0.723. The molecule has 0 atom stereocenters. The van der Waals surface area contributed by atoms with Gasteiger partial charge >= 0.3 is 0 Å². The van der Waals surface area contributed by atoms with Gasteiger partial charge in [-0.1, -0.05) is 18.2 Å². The number of sulfonamides is 1. The van der Waals surface area contributed by atoms with Gasteiger partial charge < -0.3 is 16.0 Å². The molecule has 2 aromatic carbocycles. The monoisotopic (exact) mass is 345 g/mol. The summed E-state index contributed by atoms with van der Waals surface area (Å²) < 4.78 is 22.4. The maximum absolute atomic E-state index is 12.3. The molecule has 0 saturated carbocycles. The second kappa shape index (κ2) is 5.95. The lowest BCUT2D eigenvalue weighted by Gasteiger charge is -2.06. The molecule has 124 valence electrons. The number of imidazole rings is 1. The molecule has 0 aliphatic heterocycles. The SMILES string of the molecule is Nc1nc2c(C(=O)NCc3ccc(S(N)(=O)=O)cc3)cccc2[nH]1. The zero-order valence-corrected chi connectivity index (χ0v) is 13.3. The predicted molar refractivity (Wildman–Crippen MR) is 89.5 cm³/mol. The molecule has 6 N–H and O–H groups in total. The summed E-state index contributed by atoms with van der Waals surface area (Å²) in [6.07, 6.45) is 0. The number of nitrogens with one attached hydrogen (secondary N) is 2. The van der Waals surface area contributed by atoms with E-state index in [2.05, 4.69) is 15.3 Å². The zero-order chi connectivity index (χ0) is 17.3. The molecule has 9 heteroatoms. The van der Waals surface area contributed by atoms with Crippen LogP contribution in [0.3, 0.4) is 0 Å². The molecule has 0 spiro atoms. The Balaban J connectivity index is 1.75. The Labute approximate surface area is 137 Å². The molecule has 8 nitrogen and oxygen atoms in total. The van der Waals surface area contributed by atoms with E-state index in [1.807, 2.05) is 0 Å². The van der Waals surface area contributed by atoms with E-state index in [1.54, 1.807) is 30.3 Å². The quantitative estimate of drug-likeness (QED) is 0.551.